The van der Waals surface area contributed by atoms with Crippen LogP contribution in [0.4, 0.5) is 10.5 Å². The molecule has 2 N–H and O–H groups in total. The molecular weight excluding hydrogens is 414 g/mol. The Hall–Kier alpha value is -3.80. The Morgan fingerprint density at radius 1 is 0.879 bits per heavy atom. The van der Waals surface area contributed by atoms with Crippen LogP contribution in [0.5, 0.6) is 5.75 Å². The molecule has 0 aliphatic heterocycles. The third-order valence-corrected chi connectivity index (χ3v) is 5.43. The average molecular weight is 446 g/mol. The molecule has 1 unspecified atom stereocenters. The Bertz CT molecular complexity index is 1030. The maximum Gasteiger partial charge on any atom is 0.321 e. The zero-order valence-corrected chi connectivity index (χ0v) is 19.2. The zero-order valence-electron chi connectivity index (χ0n) is 19.2. The molecule has 172 valence electrons. The van der Waals surface area contributed by atoms with Crippen LogP contribution in [0.1, 0.15) is 30.5 Å². The predicted octanol–water partition coefficient (Wildman–Crippen LogP) is 5.04. The summed E-state index contributed by atoms with van der Waals surface area (Å²) in [6.45, 7) is 2.75. The van der Waals surface area contributed by atoms with Crippen molar-refractivity contribution in [3.63, 3.8) is 0 Å². The van der Waals surface area contributed by atoms with Crippen LogP contribution in [-0.2, 0) is 11.2 Å². The van der Waals surface area contributed by atoms with Crippen LogP contribution in [0.15, 0.2) is 84.9 Å². The summed E-state index contributed by atoms with van der Waals surface area (Å²) in [4.78, 5) is 27.4. The van der Waals surface area contributed by atoms with E-state index in [-0.39, 0.29) is 24.4 Å². The third-order valence-electron chi connectivity index (χ3n) is 5.43. The van der Waals surface area contributed by atoms with Gasteiger partial charge in [0.25, 0.3) is 0 Å². The van der Waals surface area contributed by atoms with Gasteiger partial charge in [-0.05, 0) is 36.6 Å². The Morgan fingerprint density at radius 3 is 2.21 bits per heavy atom. The topological polar surface area (TPSA) is 70.7 Å². The number of benzene rings is 3. The first-order valence-corrected chi connectivity index (χ1v) is 11.1. The average Bonchev–Trinajstić information content (AvgIpc) is 2.85. The van der Waals surface area contributed by atoms with Crippen molar-refractivity contribution in [3.8, 4) is 5.75 Å². The number of nitrogens with one attached hydrogen (secondary N) is 2. The van der Waals surface area contributed by atoms with Crippen molar-refractivity contribution in [2.45, 2.75) is 25.8 Å². The zero-order chi connectivity index (χ0) is 23.5. The van der Waals surface area contributed by atoms with Crippen molar-refractivity contribution in [2.75, 3.05) is 25.5 Å². The lowest BCUT2D eigenvalue weighted by molar-refractivity contribution is -0.121. The Balaban J connectivity index is 1.63. The normalized spacial score (nSPS) is 11.3. The largest absolute Gasteiger partial charge is 0.495 e. The van der Waals surface area contributed by atoms with Crippen LogP contribution in [0.2, 0.25) is 0 Å². The van der Waals surface area contributed by atoms with Gasteiger partial charge >= 0.3 is 6.03 Å². The van der Waals surface area contributed by atoms with E-state index >= 15 is 0 Å². The van der Waals surface area contributed by atoms with E-state index in [1.165, 1.54) is 0 Å². The van der Waals surface area contributed by atoms with Crippen LogP contribution < -0.4 is 15.4 Å². The van der Waals surface area contributed by atoms with E-state index in [0.29, 0.717) is 30.9 Å². The summed E-state index contributed by atoms with van der Waals surface area (Å²) in [5.41, 5.74) is 2.77. The van der Waals surface area contributed by atoms with Crippen molar-refractivity contribution in [1.82, 2.24) is 10.2 Å². The molecule has 33 heavy (non-hydrogen) atoms. The highest BCUT2D eigenvalue weighted by molar-refractivity contribution is 5.91. The number of carbonyl (C=O) groups is 2. The molecule has 3 rings (SSSR count). The van der Waals surface area contributed by atoms with E-state index in [4.69, 9.17) is 4.74 Å². The van der Waals surface area contributed by atoms with Gasteiger partial charge in [-0.2, -0.15) is 0 Å². The minimum atomic E-state index is -0.265. The fourth-order valence-electron chi connectivity index (χ4n) is 3.54. The number of amides is 3. The summed E-state index contributed by atoms with van der Waals surface area (Å²) >= 11 is 0. The molecule has 0 aliphatic rings. The van der Waals surface area contributed by atoms with Crippen LogP contribution in [0, 0.1) is 0 Å². The molecule has 6 nitrogen and oxygen atoms in total. The van der Waals surface area contributed by atoms with Crippen molar-refractivity contribution in [2.24, 2.45) is 0 Å². The van der Waals surface area contributed by atoms with Crippen LogP contribution >= 0.6 is 0 Å². The van der Waals surface area contributed by atoms with Gasteiger partial charge in [0.05, 0.1) is 18.8 Å². The Morgan fingerprint density at radius 2 is 1.52 bits per heavy atom. The number of para-hydroxylation sites is 2. The molecule has 0 aliphatic carbocycles. The third kappa shape index (κ3) is 7.38. The maximum atomic E-state index is 13.1. The van der Waals surface area contributed by atoms with E-state index in [9.17, 15) is 9.59 Å². The molecule has 0 radical (unpaired) electrons. The summed E-state index contributed by atoms with van der Waals surface area (Å²) in [5, 5.41) is 5.93. The molecule has 3 aromatic rings. The van der Waals surface area contributed by atoms with Gasteiger partial charge < -0.3 is 20.3 Å². The first-order chi connectivity index (χ1) is 16.1. The highest BCUT2D eigenvalue weighted by Crippen LogP contribution is 2.23. The van der Waals surface area contributed by atoms with E-state index < -0.39 is 0 Å². The van der Waals surface area contributed by atoms with Gasteiger partial charge in [0.15, 0.2) is 0 Å². The van der Waals surface area contributed by atoms with Crippen molar-refractivity contribution >= 4 is 17.6 Å². The van der Waals surface area contributed by atoms with Gasteiger partial charge in [-0.25, -0.2) is 4.79 Å². The second kappa shape index (κ2) is 12.3. The van der Waals surface area contributed by atoms with Crippen molar-refractivity contribution in [1.29, 1.82) is 0 Å². The molecule has 0 fully saturated rings. The molecule has 0 spiro atoms. The minimum Gasteiger partial charge on any atom is -0.495 e. The summed E-state index contributed by atoms with van der Waals surface area (Å²) in [7, 11) is 1.57. The number of nitrogens with zero attached hydrogens (tertiary/aromatic N) is 1. The van der Waals surface area contributed by atoms with E-state index in [0.717, 1.165) is 11.1 Å². The summed E-state index contributed by atoms with van der Waals surface area (Å²) < 4.78 is 5.34. The van der Waals surface area contributed by atoms with Gasteiger partial charge in [-0.15, -0.1) is 0 Å². The molecule has 0 heterocycles. The number of urea groups is 1. The summed E-state index contributed by atoms with van der Waals surface area (Å²) in [6.07, 6.45) is 0.910. The molecule has 6 heteroatoms. The first kappa shape index (κ1) is 23.9. The van der Waals surface area contributed by atoms with Gasteiger partial charge in [0.1, 0.15) is 5.75 Å². The summed E-state index contributed by atoms with van der Waals surface area (Å²) in [5.74, 6) is 0.490. The van der Waals surface area contributed by atoms with Crippen molar-refractivity contribution in [3.05, 3.63) is 96.1 Å². The highest BCUT2D eigenvalue weighted by atomic mass is 16.5. The fraction of sp³-hybridized carbons (Fsp3) is 0.259. The monoisotopic (exact) mass is 445 g/mol. The lowest BCUT2D eigenvalue weighted by atomic mass is 10.1. The van der Waals surface area contributed by atoms with Gasteiger partial charge in [-0.1, -0.05) is 72.8 Å². The van der Waals surface area contributed by atoms with Crippen LogP contribution in [-0.4, -0.2) is 37.0 Å². The number of hydrogen-bond acceptors (Lipinski definition) is 3. The quantitative estimate of drug-likeness (QED) is 0.459. The number of rotatable bonds is 10. The second-order valence-corrected chi connectivity index (χ2v) is 7.80. The molecule has 0 saturated carbocycles. The molecular formula is C27H31N3O3. The van der Waals surface area contributed by atoms with Gasteiger partial charge in [0.2, 0.25) is 5.91 Å². The van der Waals surface area contributed by atoms with Crippen LogP contribution in [0.3, 0.4) is 0 Å². The van der Waals surface area contributed by atoms with E-state index in [1.807, 2.05) is 79.7 Å². The first-order valence-electron chi connectivity index (χ1n) is 11.1. The summed E-state index contributed by atoms with van der Waals surface area (Å²) in [6, 6.07) is 26.7. The number of anilines is 1. The standard InChI is InChI=1S/C27H31N3O3/c1-21(23-13-7-4-8-14-23)28-26(31)18-20-30(19-17-22-11-5-3-6-12-22)27(32)29-24-15-9-10-16-25(24)33-2/h3-16,21H,17-20H2,1-2H3,(H,28,31)(H,29,32). The van der Waals surface area contributed by atoms with Crippen LogP contribution in [0.25, 0.3) is 0 Å². The number of methoxy groups -OCH3 is 1. The number of hydrogen-bond donors (Lipinski definition) is 2. The Labute approximate surface area is 195 Å². The lowest BCUT2D eigenvalue weighted by Gasteiger charge is -2.24. The number of ether oxygens (including phenoxy) is 1. The van der Waals surface area contributed by atoms with Gasteiger partial charge in [0, 0.05) is 19.5 Å². The molecule has 0 saturated heterocycles. The Kier molecular flexibility index (Phi) is 8.88. The molecule has 0 aromatic heterocycles. The minimum absolute atomic E-state index is 0.0962. The maximum absolute atomic E-state index is 13.1. The SMILES string of the molecule is COc1ccccc1NC(=O)N(CCC(=O)NC(C)c1ccccc1)CCc1ccccc1. The van der Waals surface area contributed by atoms with E-state index in [1.54, 1.807) is 24.1 Å². The predicted molar refractivity (Wildman–Crippen MR) is 131 cm³/mol. The molecule has 3 aromatic carbocycles. The highest BCUT2D eigenvalue weighted by Gasteiger charge is 2.18. The fourth-order valence-corrected chi connectivity index (χ4v) is 3.54. The second-order valence-electron chi connectivity index (χ2n) is 7.80. The smallest absolute Gasteiger partial charge is 0.321 e. The van der Waals surface area contributed by atoms with Gasteiger partial charge in [-0.3, -0.25) is 4.79 Å². The number of carbonyl (C=O) groups excluding carboxylic acids is 2. The van der Waals surface area contributed by atoms with Crippen molar-refractivity contribution < 1.29 is 14.3 Å². The molecule has 0 bridgehead atoms. The molecule has 3 amide bonds. The lowest BCUT2D eigenvalue weighted by Crippen LogP contribution is -2.39. The molecule has 1 atom stereocenters. The van der Waals surface area contributed by atoms with E-state index in [2.05, 4.69) is 10.6 Å².